The van der Waals surface area contributed by atoms with E-state index in [-0.39, 0.29) is 17.7 Å². The van der Waals surface area contributed by atoms with Crippen LogP contribution in [0.4, 0.5) is 0 Å². The third kappa shape index (κ3) is 3.30. The van der Waals surface area contributed by atoms with Crippen LogP contribution in [0.5, 0.6) is 0 Å². The molecule has 0 saturated carbocycles. The van der Waals surface area contributed by atoms with E-state index in [2.05, 4.69) is 20.7 Å². The topological polar surface area (TPSA) is 71.8 Å². The van der Waals surface area contributed by atoms with Gasteiger partial charge in [-0.25, -0.2) is 4.98 Å². The molecule has 0 aliphatic carbocycles. The van der Waals surface area contributed by atoms with Crippen LogP contribution in [0, 0.1) is 5.92 Å². The molecule has 0 unspecified atom stereocenters. The van der Waals surface area contributed by atoms with Crippen molar-refractivity contribution < 1.29 is 4.79 Å². The summed E-state index contributed by atoms with van der Waals surface area (Å²) in [5.41, 5.74) is 1.13. The summed E-state index contributed by atoms with van der Waals surface area (Å²) in [6.45, 7) is 2.20. The Kier molecular flexibility index (Phi) is 4.31. The van der Waals surface area contributed by atoms with E-state index in [0.717, 1.165) is 30.1 Å². The number of carbonyl (C=O) groups excluding carboxylic acids is 1. The van der Waals surface area contributed by atoms with Crippen molar-refractivity contribution in [2.24, 2.45) is 13.0 Å². The lowest BCUT2D eigenvalue weighted by molar-refractivity contribution is -0.124. The van der Waals surface area contributed by atoms with Gasteiger partial charge in [0.05, 0.1) is 17.1 Å². The average molecular weight is 305 g/mol. The SMILES string of the molecule is Cn1cc([C@H]2CNC[C@@H]2C(=O)NCCc2nccs2)cn1. The van der Waals surface area contributed by atoms with Crippen molar-refractivity contribution in [2.75, 3.05) is 19.6 Å². The van der Waals surface area contributed by atoms with E-state index in [4.69, 9.17) is 0 Å². The lowest BCUT2D eigenvalue weighted by Crippen LogP contribution is -2.35. The number of hydrogen-bond acceptors (Lipinski definition) is 5. The molecule has 1 aliphatic heterocycles. The summed E-state index contributed by atoms with van der Waals surface area (Å²) in [5.74, 6) is 0.300. The highest BCUT2D eigenvalue weighted by Crippen LogP contribution is 2.27. The Morgan fingerprint density at radius 3 is 3.19 bits per heavy atom. The van der Waals surface area contributed by atoms with Gasteiger partial charge in [-0.2, -0.15) is 5.10 Å². The van der Waals surface area contributed by atoms with E-state index in [1.54, 1.807) is 22.2 Å². The predicted molar refractivity (Wildman–Crippen MR) is 81.1 cm³/mol. The molecule has 1 fully saturated rings. The molecule has 3 heterocycles. The van der Waals surface area contributed by atoms with Gasteiger partial charge in [-0.3, -0.25) is 9.48 Å². The zero-order valence-corrected chi connectivity index (χ0v) is 12.8. The minimum atomic E-state index is -0.0227. The number of nitrogens with zero attached hydrogens (tertiary/aromatic N) is 3. The summed E-state index contributed by atoms with van der Waals surface area (Å²) >= 11 is 1.62. The van der Waals surface area contributed by atoms with Gasteiger partial charge in [0.15, 0.2) is 0 Å². The second kappa shape index (κ2) is 6.36. The van der Waals surface area contributed by atoms with Gasteiger partial charge in [0.1, 0.15) is 0 Å². The normalized spacial score (nSPS) is 21.6. The van der Waals surface area contributed by atoms with Crippen molar-refractivity contribution in [3.63, 3.8) is 0 Å². The van der Waals surface area contributed by atoms with Crippen molar-refractivity contribution in [3.05, 3.63) is 34.5 Å². The smallest absolute Gasteiger partial charge is 0.225 e. The maximum atomic E-state index is 12.4. The first-order valence-corrected chi connectivity index (χ1v) is 7.97. The Bertz CT molecular complexity index is 594. The second-order valence-electron chi connectivity index (χ2n) is 5.29. The van der Waals surface area contributed by atoms with E-state index in [1.807, 2.05) is 24.8 Å². The summed E-state index contributed by atoms with van der Waals surface area (Å²) in [4.78, 5) is 16.6. The molecule has 2 atom stereocenters. The van der Waals surface area contributed by atoms with Gasteiger partial charge in [0.2, 0.25) is 5.91 Å². The Hall–Kier alpha value is -1.73. The van der Waals surface area contributed by atoms with Crippen LogP contribution in [0.2, 0.25) is 0 Å². The molecular weight excluding hydrogens is 286 g/mol. The van der Waals surface area contributed by atoms with Crippen LogP contribution >= 0.6 is 11.3 Å². The predicted octanol–water partition coefficient (Wildman–Crippen LogP) is 0.538. The third-order valence-corrected chi connectivity index (χ3v) is 4.66. The van der Waals surface area contributed by atoms with Crippen LogP contribution in [0.15, 0.2) is 24.0 Å². The minimum Gasteiger partial charge on any atom is -0.355 e. The molecule has 6 nitrogen and oxygen atoms in total. The van der Waals surface area contributed by atoms with E-state index in [0.29, 0.717) is 6.54 Å². The summed E-state index contributed by atoms with van der Waals surface area (Å²) in [5, 5.41) is 13.6. The monoisotopic (exact) mass is 305 g/mol. The summed E-state index contributed by atoms with van der Waals surface area (Å²) in [6.07, 6.45) is 6.43. The van der Waals surface area contributed by atoms with Gasteiger partial charge in [0, 0.05) is 56.8 Å². The van der Waals surface area contributed by atoms with Crippen LogP contribution < -0.4 is 10.6 Å². The number of amides is 1. The molecular formula is C14H19N5OS. The lowest BCUT2D eigenvalue weighted by atomic mass is 9.90. The molecule has 0 aromatic carbocycles. The Morgan fingerprint density at radius 1 is 1.57 bits per heavy atom. The van der Waals surface area contributed by atoms with Crippen molar-refractivity contribution in [3.8, 4) is 0 Å². The summed E-state index contributed by atoms with van der Waals surface area (Å²) < 4.78 is 1.78. The number of rotatable bonds is 5. The number of aryl methyl sites for hydroxylation is 1. The molecule has 2 aromatic heterocycles. The highest BCUT2D eigenvalue weighted by Gasteiger charge is 2.34. The minimum absolute atomic E-state index is 0.0227. The molecule has 1 saturated heterocycles. The lowest BCUT2D eigenvalue weighted by Gasteiger charge is -2.16. The second-order valence-corrected chi connectivity index (χ2v) is 6.26. The number of carbonyl (C=O) groups is 1. The number of hydrogen-bond donors (Lipinski definition) is 2. The zero-order valence-electron chi connectivity index (χ0n) is 12.0. The molecule has 1 amide bonds. The average Bonchev–Trinajstić information content (AvgIpc) is 3.18. The van der Waals surface area contributed by atoms with Gasteiger partial charge >= 0.3 is 0 Å². The maximum Gasteiger partial charge on any atom is 0.225 e. The van der Waals surface area contributed by atoms with Crippen LogP contribution in [-0.4, -0.2) is 40.3 Å². The Morgan fingerprint density at radius 2 is 2.48 bits per heavy atom. The molecule has 21 heavy (non-hydrogen) atoms. The van der Waals surface area contributed by atoms with Crippen LogP contribution in [0.3, 0.4) is 0 Å². The van der Waals surface area contributed by atoms with Gasteiger partial charge in [-0.15, -0.1) is 11.3 Å². The van der Waals surface area contributed by atoms with E-state index in [1.165, 1.54) is 0 Å². The standard InChI is InChI=1S/C14H19N5OS/c1-19-9-10(6-18-19)11-7-15-8-12(11)14(20)17-3-2-13-16-4-5-21-13/h4-6,9,11-12,15H,2-3,7-8H2,1H3,(H,17,20)/t11-,12+/m1/s1. The molecule has 7 heteroatoms. The molecule has 2 aromatic rings. The third-order valence-electron chi connectivity index (χ3n) is 3.83. The van der Waals surface area contributed by atoms with Crippen molar-refractivity contribution in [1.82, 2.24) is 25.4 Å². The van der Waals surface area contributed by atoms with E-state index < -0.39 is 0 Å². The fourth-order valence-corrected chi connectivity index (χ4v) is 3.36. The fourth-order valence-electron chi connectivity index (χ4n) is 2.74. The van der Waals surface area contributed by atoms with Crippen molar-refractivity contribution >= 4 is 17.2 Å². The molecule has 0 radical (unpaired) electrons. The van der Waals surface area contributed by atoms with Crippen LogP contribution in [0.25, 0.3) is 0 Å². The van der Waals surface area contributed by atoms with Gasteiger partial charge in [0.25, 0.3) is 0 Å². The molecule has 0 spiro atoms. The van der Waals surface area contributed by atoms with E-state index >= 15 is 0 Å². The first-order valence-electron chi connectivity index (χ1n) is 7.09. The number of nitrogens with one attached hydrogen (secondary N) is 2. The van der Waals surface area contributed by atoms with Gasteiger partial charge in [-0.1, -0.05) is 0 Å². The fraction of sp³-hybridized carbons (Fsp3) is 0.500. The Balaban J connectivity index is 1.55. The van der Waals surface area contributed by atoms with Crippen molar-refractivity contribution in [2.45, 2.75) is 12.3 Å². The molecule has 2 N–H and O–H groups in total. The van der Waals surface area contributed by atoms with Gasteiger partial charge in [-0.05, 0) is 5.56 Å². The van der Waals surface area contributed by atoms with Crippen molar-refractivity contribution in [1.29, 1.82) is 0 Å². The molecule has 0 bridgehead atoms. The Labute approximate surface area is 127 Å². The number of aromatic nitrogens is 3. The maximum absolute atomic E-state index is 12.4. The summed E-state index contributed by atoms with van der Waals surface area (Å²) in [7, 11) is 1.90. The highest BCUT2D eigenvalue weighted by atomic mass is 32.1. The number of thiazole rings is 1. The highest BCUT2D eigenvalue weighted by molar-refractivity contribution is 7.09. The quantitative estimate of drug-likeness (QED) is 0.846. The van der Waals surface area contributed by atoms with Crippen LogP contribution in [0.1, 0.15) is 16.5 Å². The largest absolute Gasteiger partial charge is 0.355 e. The van der Waals surface area contributed by atoms with E-state index in [9.17, 15) is 4.79 Å². The zero-order chi connectivity index (χ0) is 14.7. The molecule has 3 rings (SSSR count). The first kappa shape index (κ1) is 14.2. The first-order chi connectivity index (χ1) is 10.2. The summed E-state index contributed by atoms with van der Waals surface area (Å²) in [6, 6.07) is 0. The van der Waals surface area contributed by atoms with Crippen LogP contribution in [-0.2, 0) is 18.3 Å². The van der Waals surface area contributed by atoms with Gasteiger partial charge < -0.3 is 10.6 Å². The molecule has 1 aliphatic rings. The molecule has 112 valence electrons.